The second kappa shape index (κ2) is 5.73. The molecule has 0 amide bonds. The van der Waals surface area contributed by atoms with Crippen molar-refractivity contribution in [2.24, 2.45) is 0 Å². The minimum absolute atomic E-state index is 0.153. The Hall–Kier alpha value is -2.47. The molecule has 112 valence electrons. The molecule has 3 rings (SSSR count). The third-order valence-electron chi connectivity index (χ3n) is 3.47. The van der Waals surface area contributed by atoms with Crippen LogP contribution in [0.25, 0.3) is 5.57 Å². The molecule has 0 saturated heterocycles. The fraction of sp³-hybridized carbons (Fsp3) is 0.188. The second-order valence-electron chi connectivity index (χ2n) is 4.70. The Bertz CT molecular complexity index is 791. The maximum atomic E-state index is 12.6. The first kappa shape index (κ1) is 14.5. The van der Waals surface area contributed by atoms with Crippen LogP contribution in [0.15, 0.2) is 29.7 Å². The topological polar surface area (TPSA) is 65.5 Å². The molecule has 2 aromatic rings. The smallest absolute Gasteiger partial charge is 0.357 e. The fourth-order valence-electron chi connectivity index (χ4n) is 2.34. The summed E-state index contributed by atoms with van der Waals surface area (Å²) in [5.74, 6) is -0.0290. The van der Waals surface area contributed by atoms with Gasteiger partial charge in [0.15, 0.2) is 10.7 Å². The van der Waals surface area contributed by atoms with Crippen LogP contribution >= 0.6 is 11.3 Å². The van der Waals surface area contributed by atoms with Crippen molar-refractivity contribution >= 4 is 28.7 Å². The number of thiazole rings is 1. The minimum atomic E-state index is -0.544. The third-order valence-corrected chi connectivity index (χ3v) is 4.31. The summed E-state index contributed by atoms with van der Waals surface area (Å²) in [5.41, 5.74) is 2.69. The zero-order valence-electron chi connectivity index (χ0n) is 12.1. The summed E-state index contributed by atoms with van der Waals surface area (Å²) >= 11 is 1.14. The van der Waals surface area contributed by atoms with E-state index < -0.39 is 5.97 Å². The number of hydrogen-bond acceptors (Lipinski definition) is 6. The molecule has 22 heavy (non-hydrogen) atoms. The van der Waals surface area contributed by atoms with E-state index in [1.165, 1.54) is 12.5 Å². The lowest BCUT2D eigenvalue weighted by molar-refractivity contribution is 0.0595. The first-order chi connectivity index (χ1) is 10.6. The maximum absolute atomic E-state index is 12.6. The highest BCUT2D eigenvalue weighted by Gasteiger charge is 2.25. The monoisotopic (exact) mass is 315 g/mol. The molecule has 0 aliphatic heterocycles. The number of fused-ring (bicyclic) bond motifs is 1. The summed E-state index contributed by atoms with van der Waals surface area (Å²) < 4.78 is 9.81. The van der Waals surface area contributed by atoms with Gasteiger partial charge in [0.25, 0.3) is 0 Å². The van der Waals surface area contributed by atoms with E-state index in [1.54, 1.807) is 7.11 Å². The Kier molecular flexibility index (Phi) is 3.77. The SMILES string of the molecule is COC(=O)c1csc(C(=O)C2=CCc3ccc(OC)cc32)n1. The summed E-state index contributed by atoms with van der Waals surface area (Å²) in [6, 6.07) is 5.67. The number of benzene rings is 1. The van der Waals surface area contributed by atoms with Gasteiger partial charge >= 0.3 is 5.97 Å². The van der Waals surface area contributed by atoms with Crippen molar-refractivity contribution in [3.8, 4) is 5.75 Å². The summed E-state index contributed by atoms with van der Waals surface area (Å²) in [6.45, 7) is 0. The number of esters is 1. The quantitative estimate of drug-likeness (QED) is 0.641. The number of Topliss-reactive ketones (excluding diaryl/α,β-unsaturated/α-hetero) is 1. The molecule has 0 bridgehead atoms. The van der Waals surface area contributed by atoms with Gasteiger partial charge < -0.3 is 9.47 Å². The lowest BCUT2D eigenvalue weighted by Gasteiger charge is -2.06. The molecule has 1 aliphatic carbocycles. The molecule has 6 heteroatoms. The number of nitrogens with zero attached hydrogens (tertiary/aromatic N) is 1. The molecule has 0 radical (unpaired) electrons. The summed E-state index contributed by atoms with van der Waals surface area (Å²) in [7, 11) is 2.87. The lowest BCUT2D eigenvalue weighted by atomic mass is 10.0. The summed E-state index contributed by atoms with van der Waals surface area (Å²) in [6.07, 6.45) is 2.58. The first-order valence-electron chi connectivity index (χ1n) is 6.60. The Morgan fingerprint density at radius 2 is 2.09 bits per heavy atom. The number of methoxy groups -OCH3 is 2. The average molecular weight is 315 g/mol. The van der Waals surface area contributed by atoms with Gasteiger partial charge in [0, 0.05) is 11.0 Å². The van der Waals surface area contributed by atoms with Crippen LogP contribution in [0.4, 0.5) is 0 Å². The van der Waals surface area contributed by atoms with Crippen LogP contribution in [0.2, 0.25) is 0 Å². The van der Waals surface area contributed by atoms with E-state index in [1.807, 2.05) is 24.3 Å². The predicted molar refractivity (Wildman–Crippen MR) is 82.5 cm³/mol. The Morgan fingerprint density at radius 1 is 1.27 bits per heavy atom. The number of hydrogen-bond donors (Lipinski definition) is 0. The molecule has 0 atom stereocenters. The van der Waals surface area contributed by atoms with Crippen LogP contribution in [0.1, 0.15) is 31.4 Å². The molecule has 1 aliphatic rings. The number of rotatable bonds is 4. The molecule has 0 N–H and O–H groups in total. The van der Waals surface area contributed by atoms with E-state index in [0.717, 1.165) is 22.5 Å². The molecule has 1 heterocycles. The molecule has 1 aromatic heterocycles. The van der Waals surface area contributed by atoms with Gasteiger partial charge in [0.1, 0.15) is 5.75 Å². The van der Waals surface area contributed by atoms with E-state index in [0.29, 0.717) is 17.7 Å². The lowest BCUT2D eigenvalue weighted by Crippen LogP contribution is -2.05. The van der Waals surface area contributed by atoms with Gasteiger partial charge in [-0.1, -0.05) is 12.1 Å². The molecule has 5 nitrogen and oxygen atoms in total. The van der Waals surface area contributed by atoms with Gasteiger partial charge in [0.05, 0.1) is 14.2 Å². The first-order valence-corrected chi connectivity index (χ1v) is 7.48. The van der Waals surface area contributed by atoms with Crippen LogP contribution in [0.3, 0.4) is 0 Å². The number of carbonyl (C=O) groups is 2. The molecule has 0 fully saturated rings. The number of ether oxygens (including phenoxy) is 2. The van der Waals surface area contributed by atoms with E-state index in [2.05, 4.69) is 9.72 Å². The zero-order valence-corrected chi connectivity index (χ0v) is 12.9. The van der Waals surface area contributed by atoms with Gasteiger partial charge in [-0.2, -0.15) is 0 Å². The van der Waals surface area contributed by atoms with Crippen molar-refractivity contribution < 1.29 is 19.1 Å². The molecular weight excluding hydrogens is 302 g/mol. The maximum Gasteiger partial charge on any atom is 0.357 e. The number of carbonyl (C=O) groups excluding carboxylic acids is 2. The molecule has 0 saturated carbocycles. The van der Waals surface area contributed by atoms with E-state index in [-0.39, 0.29) is 16.5 Å². The molecule has 1 aromatic carbocycles. The second-order valence-corrected chi connectivity index (χ2v) is 5.56. The van der Waals surface area contributed by atoms with E-state index >= 15 is 0 Å². The Morgan fingerprint density at radius 3 is 2.82 bits per heavy atom. The largest absolute Gasteiger partial charge is 0.497 e. The van der Waals surface area contributed by atoms with Crippen LogP contribution in [0.5, 0.6) is 5.75 Å². The predicted octanol–water partition coefficient (Wildman–Crippen LogP) is 2.76. The van der Waals surface area contributed by atoms with Gasteiger partial charge in [-0.3, -0.25) is 4.79 Å². The highest BCUT2D eigenvalue weighted by Crippen LogP contribution is 2.33. The van der Waals surface area contributed by atoms with Gasteiger partial charge in [0.2, 0.25) is 5.78 Å². The van der Waals surface area contributed by atoms with Crippen molar-refractivity contribution in [3.05, 3.63) is 51.5 Å². The number of allylic oxidation sites excluding steroid dienone is 2. The zero-order chi connectivity index (χ0) is 15.7. The summed E-state index contributed by atoms with van der Waals surface area (Å²) in [4.78, 5) is 28.1. The standard InChI is InChI=1S/C16H13NO4S/c1-20-10-5-3-9-4-6-11(12(9)7-10)14(18)15-17-13(8-22-15)16(19)21-2/h3,5-8H,4H2,1-2H3. The summed E-state index contributed by atoms with van der Waals surface area (Å²) in [5, 5.41) is 1.81. The number of ketones is 1. The normalized spacial score (nSPS) is 12.5. The fourth-order valence-corrected chi connectivity index (χ4v) is 3.08. The average Bonchev–Trinajstić information content (AvgIpc) is 3.19. The number of aromatic nitrogens is 1. The highest BCUT2D eigenvalue weighted by atomic mass is 32.1. The third kappa shape index (κ3) is 2.42. The van der Waals surface area contributed by atoms with Crippen LogP contribution in [0, 0.1) is 0 Å². The highest BCUT2D eigenvalue weighted by molar-refractivity contribution is 7.12. The van der Waals surface area contributed by atoms with Crippen LogP contribution < -0.4 is 4.74 Å². The van der Waals surface area contributed by atoms with Crippen molar-refractivity contribution in [3.63, 3.8) is 0 Å². The van der Waals surface area contributed by atoms with Crippen LogP contribution in [-0.4, -0.2) is 31.0 Å². The van der Waals surface area contributed by atoms with E-state index in [4.69, 9.17) is 4.74 Å². The van der Waals surface area contributed by atoms with Crippen molar-refractivity contribution in [1.29, 1.82) is 0 Å². The molecule has 0 unspecified atom stereocenters. The molecule has 0 spiro atoms. The van der Waals surface area contributed by atoms with Crippen molar-refractivity contribution in [2.75, 3.05) is 14.2 Å². The van der Waals surface area contributed by atoms with Crippen molar-refractivity contribution in [1.82, 2.24) is 4.98 Å². The van der Waals surface area contributed by atoms with Crippen LogP contribution in [-0.2, 0) is 11.2 Å². The van der Waals surface area contributed by atoms with E-state index in [9.17, 15) is 9.59 Å². The van der Waals surface area contributed by atoms with Crippen molar-refractivity contribution in [2.45, 2.75) is 6.42 Å². The van der Waals surface area contributed by atoms with Gasteiger partial charge in [-0.25, -0.2) is 9.78 Å². The molecular formula is C16H13NO4S. The minimum Gasteiger partial charge on any atom is -0.497 e. The Balaban J connectivity index is 1.92. The van der Waals surface area contributed by atoms with Gasteiger partial charge in [-0.15, -0.1) is 11.3 Å². The Labute approximate surface area is 131 Å². The van der Waals surface area contributed by atoms with Gasteiger partial charge in [-0.05, 0) is 29.7 Å².